The Bertz CT molecular complexity index is 764. The van der Waals surface area contributed by atoms with Crippen LogP contribution in [0.15, 0.2) is 48.5 Å². The average molecular weight is 344 g/mol. The molecule has 124 valence electrons. The summed E-state index contributed by atoms with van der Waals surface area (Å²) in [6, 6.07) is 13.4. The van der Waals surface area contributed by atoms with Gasteiger partial charge in [0.1, 0.15) is 5.82 Å². The summed E-state index contributed by atoms with van der Waals surface area (Å²) in [7, 11) is 0. The van der Waals surface area contributed by atoms with Gasteiger partial charge in [0.25, 0.3) is 0 Å². The van der Waals surface area contributed by atoms with Gasteiger partial charge in [-0.1, -0.05) is 24.3 Å². The Morgan fingerprint density at radius 1 is 1.21 bits per heavy atom. The molecule has 1 saturated heterocycles. The molecule has 3 rings (SSSR count). The number of para-hydroxylation sites is 1. The maximum absolute atomic E-state index is 13.9. The van der Waals surface area contributed by atoms with E-state index in [1.165, 1.54) is 22.7 Å². The van der Waals surface area contributed by atoms with E-state index in [2.05, 4.69) is 0 Å². The van der Waals surface area contributed by atoms with Crippen molar-refractivity contribution in [2.75, 3.05) is 11.4 Å². The van der Waals surface area contributed by atoms with Crippen molar-refractivity contribution in [3.05, 3.63) is 65.5 Å². The molecule has 2 aromatic carbocycles. The van der Waals surface area contributed by atoms with Crippen LogP contribution in [-0.2, 0) is 10.5 Å². The van der Waals surface area contributed by atoms with Crippen LogP contribution in [0.4, 0.5) is 10.1 Å². The van der Waals surface area contributed by atoms with E-state index in [-0.39, 0.29) is 17.0 Å². The highest BCUT2D eigenvalue weighted by Gasteiger charge is 2.33. The molecule has 6 heteroatoms. The van der Waals surface area contributed by atoms with Crippen LogP contribution in [-0.4, -0.2) is 23.6 Å². The summed E-state index contributed by atoms with van der Waals surface area (Å²) in [6.07, 6.45) is 0.692. The molecule has 4 nitrogen and oxygen atoms in total. The molecule has 2 N–H and O–H groups in total. The lowest BCUT2D eigenvalue weighted by atomic mass is 10.1. The highest BCUT2D eigenvalue weighted by Crippen LogP contribution is 2.31. The van der Waals surface area contributed by atoms with E-state index in [0.29, 0.717) is 30.0 Å². The van der Waals surface area contributed by atoms with Gasteiger partial charge in [-0.05, 0) is 36.2 Å². The lowest BCUT2D eigenvalue weighted by Crippen LogP contribution is -2.28. The summed E-state index contributed by atoms with van der Waals surface area (Å²) in [5.74, 6) is -0.237. The number of amides is 2. The Morgan fingerprint density at radius 3 is 2.58 bits per heavy atom. The van der Waals surface area contributed by atoms with Crippen LogP contribution in [0.1, 0.15) is 22.3 Å². The molecular weight excluding hydrogens is 327 g/mol. The van der Waals surface area contributed by atoms with Crippen molar-refractivity contribution in [3.8, 4) is 0 Å². The largest absolute Gasteiger partial charge is 0.366 e. The fourth-order valence-electron chi connectivity index (χ4n) is 2.68. The highest BCUT2D eigenvalue weighted by molar-refractivity contribution is 7.99. The van der Waals surface area contributed by atoms with Gasteiger partial charge in [0.15, 0.2) is 0 Å². The highest BCUT2D eigenvalue weighted by atomic mass is 32.2. The van der Waals surface area contributed by atoms with Gasteiger partial charge in [-0.2, -0.15) is 0 Å². The number of nitrogens with zero attached hydrogens (tertiary/aromatic N) is 1. The molecular formula is C18H17FN2O2S. The van der Waals surface area contributed by atoms with Crippen molar-refractivity contribution in [1.29, 1.82) is 0 Å². The van der Waals surface area contributed by atoms with Gasteiger partial charge in [-0.15, -0.1) is 11.8 Å². The topological polar surface area (TPSA) is 63.4 Å². The van der Waals surface area contributed by atoms with Gasteiger partial charge >= 0.3 is 0 Å². The summed E-state index contributed by atoms with van der Waals surface area (Å²) in [5, 5.41) is -0.180. The zero-order valence-corrected chi connectivity index (χ0v) is 13.8. The molecule has 0 aromatic heterocycles. The minimum absolute atomic E-state index is 0.0566. The van der Waals surface area contributed by atoms with Crippen LogP contribution in [0, 0.1) is 5.82 Å². The fraction of sp³-hybridized carbons (Fsp3) is 0.222. The molecule has 1 fully saturated rings. The summed E-state index contributed by atoms with van der Waals surface area (Å²) < 4.78 is 13.9. The fourth-order valence-corrected chi connectivity index (χ4v) is 3.81. The van der Waals surface area contributed by atoms with Crippen molar-refractivity contribution in [1.82, 2.24) is 0 Å². The van der Waals surface area contributed by atoms with E-state index < -0.39 is 5.91 Å². The molecule has 0 saturated carbocycles. The number of benzene rings is 2. The average Bonchev–Trinajstić information content (AvgIpc) is 2.94. The predicted octanol–water partition coefficient (Wildman–Crippen LogP) is 2.96. The van der Waals surface area contributed by atoms with E-state index in [9.17, 15) is 14.0 Å². The molecule has 1 aliphatic rings. The van der Waals surface area contributed by atoms with E-state index in [1.54, 1.807) is 30.3 Å². The quantitative estimate of drug-likeness (QED) is 0.907. The number of hydrogen-bond acceptors (Lipinski definition) is 3. The molecule has 0 spiro atoms. The Labute approximate surface area is 143 Å². The minimum Gasteiger partial charge on any atom is -0.366 e. The van der Waals surface area contributed by atoms with Crippen LogP contribution in [0.25, 0.3) is 0 Å². The Hall–Kier alpha value is -2.34. The van der Waals surface area contributed by atoms with Gasteiger partial charge in [-0.25, -0.2) is 4.39 Å². The van der Waals surface area contributed by atoms with E-state index in [1.807, 2.05) is 12.1 Å². The van der Waals surface area contributed by atoms with Crippen molar-refractivity contribution in [3.63, 3.8) is 0 Å². The monoisotopic (exact) mass is 344 g/mol. The Balaban J connectivity index is 1.62. The zero-order chi connectivity index (χ0) is 17.1. The van der Waals surface area contributed by atoms with Gasteiger partial charge in [0.05, 0.1) is 10.9 Å². The predicted molar refractivity (Wildman–Crippen MR) is 93.4 cm³/mol. The number of halogens is 1. The van der Waals surface area contributed by atoms with Crippen LogP contribution in [0.5, 0.6) is 0 Å². The number of anilines is 1. The molecule has 24 heavy (non-hydrogen) atoms. The van der Waals surface area contributed by atoms with Crippen LogP contribution in [0.2, 0.25) is 0 Å². The molecule has 1 unspecified atom stereocenters. The molecule has 0 bridgehead atoms. The summed E-state index contributed by atoms with van der Waals surface area (Å²) >= 11 is 1.53. The Kier molecular flexibility index (Phi) is 4.85. The van der Waals surface area contributed by atoms with Crippen molar-refractivity contribution in [2.45, 2.75) is 17.4 Å². The van der Waals surface area contributed by atoms with Crippen LogP contribution >= 0.6 is 11.8 Å². The number of rotatable bonds is 5. The number of primary amides is 1. The third-order valence-corrected chi connectivity index (χ3v) is 5.33. The summed E-state index contributed by atoms with van der Waals surface area (Å²) in [5.41, 5.74) is 7.04. The standard InChI is InChI=1S/C18H17FN2O2S/c19-14-3-1-2-4-15(14)21-10-9-16(18(21)23)24-11-12-5-7-13(8-6-12)17(20)22/h1-8,16H,9-11H2,(H2,20,22). The second kappa shape index (κ2) is 7.05. The molecule has 2 amide bonds. The zero-order valence-electron chi connectivity index (χ0n) is 12.9. The van der Waals surface area contributed by atoms with E-state index >= 15 is 0 Å². The van der Waals surface area contributed by atoms with Crippen LogP contribution < -0.4 is 10.6 Å². The van der Waals surface area contributed by atoms with Gasteiger partial charge < -0.3 is 10.6 Å². The van der Waals surface area contributed by atoms with E-state index in [0.717, 1.165) is 5.56 Å². The van der Waals surface area contributed by atoms with Gasteiger partial charge in [0.2, 0.25) is 11.8 Å². The molecule has 1 aliphatic heterocycles. The third-order valence-electron chi connectivity index (χ3n) is 3.99. The first-order chi connectivity index (χ1) is 11.6. The summed E-state index contributed by atoms with van der Waals surface area (Å²) in [6.45, 7) is 0.526. The van der Waals surface area contributed by atoms with Crippen molar-refractivity contribution < 1.29 is 14.0 Å². The SMILES string of the molecule is NC(=O)c1ccc(CSC2CCN(c3ccccc3F)C2=O)cc1. The van der Waals surface area contributed by atoms with Gasteiger partial charge in [0, 0.05) is 17.9 Å². The number of carbonyl (C=O) groups is 2. The molecule has 2 aromatic rings. The first-order valence-corrected chi connectivity index (χ1v) is 8.67. The maximum Gasteiger partial charge on any atom is 0.248 e. The molecule has 0 aliphatic carbocycles. The van der Waals surface area contributed by atoms with E-state index in [4.69, 9.17) is 5.73 Å². The summed E-state index contributed by atoms with van der Waals surface area (Å²) in [4.78, 5) is 25.1. The van der Waals surface area contributed by atoms with Gasteiger partial charge in [-0.3, -0.25) is 9.59 Å². The van der Waals surface area contributed by atoms with Crippen LogP contribution in [0.3, 0.4) is 0 Å². The second-order valence-electron chi connectivity index (χ2n) is 5.59. The maximum atomic E-state index is 13.9. The molecule has 1 atom stereocenters. The molecule has 1 heterocycles. The number of carbonyl (C=O) groups excluding carboxylic acids is 2. The smallest absolute Gasteiger partial charge is 0.248 e. The molecule has 0 radical (unpaired) electrons. The van der Waals surface area contributed by atoms with Crippen molar-refractivity contribution >= 4 is 29.3 Å². The lowest BCUT2D eigenvalue weighted by molar-refractivity contribution is -0.116. The van der Waals surface area contributed by atoms with Crippen molar-refractivity contribution in [2.24, 2.45) is 5.73 Å². The normalized spacial score (nSPS) is 17.3. The second-order valence-corrected chi connectivity index (χ2v) is 6.78. The number of nitrogens with two attached hydrogens (primary N) is 1. The third kappa shape index (κ3) is 3.43. The lowest BCUT2D eigenvalue weighted by Gasteiger charge is -2.17. The number of hydrogen-bond donors (Lipinski definition) is 1. The minimum atomic E-state index is -0.458. The number of thioether (sulfide) groups is 1. The first-order valence-electron chi connectivity index (χ1n) is 7.62. The Morgan fingerprint density at radius 2 is 1.92 bits per heavy atom. The first kappa shape index (κ1) is 16.5.